The summed E-state index contributed by atoms with van der Waals surface area (Å²) in [6.07, 6.45) is 9.32. The number of nitrogens with one attached hydrogen (secondary N) is 2. The summed E-state index contributed by atoms with van der Waals surface area (Å²) in [4.78, 5) is 4.37. The Balaban J connectivity index is 1.74. The number of ether oxygens (including phenoxy) is 1. The molecular weight excluding hydrogens is 364 g/mol. The standard InChI is InChI=1S/C19H38N4O3S/c1-4-26-14-11-19(9-5-6-10-19)16-22-18(20-2)21-15-17-7-12-23(13-8-17)27(3,24)25/h17H,4-16H2,1-3H3,(H2,20,21,22). The first-order chi connectivity index (χ1) is 12.9. The van der Waals surface area contributed by atoms with Gasteiger partial charge in [-0.3, -0.25) is 4.99 Å². The van der Waals surface area contributed by atoms with E-state index >= 15 is 0 Å². The number of hydrogen-bond acceptors (Lipinski definition) is 4. The third-order valence-corrected chi connectivity index (χ3v) is 7.40. The van der Waals surface area contributed by atoms with Gasteiger partial charge < -0.3 is 15.4 Å². The van der Waals surface area contributed by atoms with Gasteiger partial charge in [0.2, 0.25) is 10.0 Å². The Labute approximate surface area is 165 Å². The topological polar surface area (TPSA) is 83.0 Å². The lowest BCUT2D eigenvalue weighted by atomic mass is 9.83. The molecule has 0 aromatic rings. The first-order valence-corrected chi connectivity index (χ1v) is 12.2. The van der Waals surface area contributed by atoms with Crippen molar-refractivity contribution in [3.63, 3.8) is 0 Å². The smallest absolute Gasteiger partial charge is 0.211 e. The highest BCUT2D eigenvalue weighted by atomic mass is 32.2. The van der Waals surface area contributed by atoms with E-state index in [1.54, 1.807) is 4.31 Å². The maximum atomic E-state index is 11.6. The van der Waals surface area contributed by atoms with Crippen molar-refractivity contribution in [1.82, 2.24) is 14.9 Å². The van der Waals surface area contributed by atoms with Crippen LogP contribution in [0.15, 0.2) is 4.99 Å². The van der Waals surface area contributed by atoms with Crippen molar-refractivity contribution in [1.29, 1.82) is 0 Å². The number of hydrogen-bond donors (Lipinski definition) is 2. The van der Waals surface area contributed by atoms with Crippen LogP contribution in [0.2, 0.25) is 0 Å². The van der Waals surface area contributed by atoms with E-state index in [1.165, 1.54) is 31.9 Å². The van der Waals surface area contributed by atoms with Gasteiger partial charge in [-0.2, -0.15) is 0 Å². The van der Waals surface area contributed by atoms with Crippen molar-refractivity contribution in [2.24, 2.45) is 16.3 Å². The van der Waals surface area contributed by atoms with Crippen molar-refractivity contribution < 1.29 is 13.2 Å². The first-order valence-electron chi connectivity index (χ1n) is 10.4. The molecule has 1 saturated carbocycles. The molecule has 0 aromatic heterocycles. The fourth-order valence-electron chi connectivity index (χ4n) is 4.25. The van der Waals surface area contributed by atoms with Gasteiger partial charge in [-0.1, -0.05) is 12.8 Å². The zero-order chi connectivity index (χ0) is 19.8. The molecule has 1 aliphatic carbocycles. The van der Waals surface area contributed by atoms with Gasteiger partial charge in [-0.05, 0) is 50.4 Å². The van der Waals surface area contributed by atoms with Crippen molar-refractivity contribution in [3.8, 4) is 0 Å². The van der Waals surface area contributed by atoms with E-state index in [9.17, 15) is 8.42 Å². The van der Waals surface area contributed by atoms with Crippen LogP contribution < -0.4 is 10.6 Å². The SMILES string of the molecule is CCOCCC1(CNC(=NC)NCC2CCN(S(C)(=O)=O)CC2)CCCC1. The summed E-state index contributed by atoms with van der Waals surface area (Å²) in [6, 6.07) is 0. The third kappa shape index (κ3) is 7.23. The number of guanidine groups is 1. The summed E-state index contributed by atoms with van der Waals surface area (Å²) in [5.74, 6) is 1.34. The second-order valence-electron chi connectivity index (χ2n) is 8.07. The molecule has 2 aliphatic rings. The lowest BCUT2D eigenvalue weighted by molar-refractivity contribution is 0.105. The maximum absolute atomic E-state index is 11.6. The first kappa shape index (κ1) is 22.4. The normalized spacial score (nSPS) is 22.1. The molecule has 2 fully saturated rings. The maximum Gasteiger partial charge on any atom is 0.211 e. The van der Waals surface area contributed by atoms with Crippen LogP contribution in [-0.4, -0.2) is 71.4 Å². The molecule has 0 atom stereocenters. The van der Waals surface area contributed by atoms with Gasteiger partial charge in [-0.25, -0.2) is 12.7 Å². The summed E-state index contributed by atoms with van der Waals surface area (Å²) in [5.41, 5.74) is 0.327. The molecule has 1 heterocycles. The van der Waals surface area contributed by atoms with E-state index in [0.29, 0.717) is 24.4 Å². The van der Waals surface area contributed by atoms with E-state index < -0.39 is 10.0 Å². The minimum Gasteiger partial charge on any atom is -0.382 e. The predicted molar refractivity (Wildman–Crippen MR) is 111 cm³/mol. The fourth-order valence-corrected chi connectivity index (χ4v) is 5.13. The highest BCUT2D eigenvalue weighted by Crippen LogP contribution is 2.40. The van der Waals surface area contributed by atoms with Gasteiger partial charge in [0.15, 0.2) is 5.96 Å². The lowest BCUT2D eigenvalue weighted by Crippen LogP contribution is -2.46. The summed E-state index contributed by atoms with van der Waals surface area (Å²) in [5, 5.41) is 6.97. The molecule has 1 saturated heterocycles. The van der Waals surface area contributed by atoms with Gasteiger partial charge in [-0.15, -0.1) is 0 Å². The molecule has 1 aliphatic heterocycles. The minimum absolute atomic E-state index is 0.327. The lowest BCUT2D eigenvalue weighted by Gasteiger charge is -2.32. The monoisotopic (exact) mass is 402 g/mol. The number of nitrogens with zero attached hydrogens (tertiary/aromatic N) is 2. The summed E-state index contributed by atoms with van der Waals surface area (Å²) >= 11 is 0. The molecule has 8 heteroatoms. The molecule has 27 heavy (non-hydrogen) atoms. The molecule has 0 bridgehead atoms. The molecule has 158 valence electrons. The molecule has 2 rings (SSSR count). The largest absolute Gasteiger partial charge is 0.382 e. The minimum atomic E-state index is -3.05. The molecular formula is C19H38N4O3S. The third-order valence-electron chi connectivity index (χ3n) is 6.10. The average Bonchev–Trinajstić information content (AvgIpc) is 3.11. The van der Waals surface area contributed by atoms with Crippen molar-refractivity contribution in [2.45, 2.75) is 51.9 Å². The van der Waals surface area contributed by atoms with E-state index in [-0.39, 0.29) is 0 Å². The van der Waals surface area contributed by atoms with Crippen LogP contribution in [0.4, 0.5) is 0 Å². The highest BCUT2D eigenvalue weighted by Gasteiger charge is 2.33. The van der Waals surface area contributed by atoms with Crippen LogP contribution in [0.1, 0.15) is 51.9 Å². The number of piperidine rings is 1. The molecule has 0 radical (unpaired) electrons. The Morgan fingerprint density at radius 3 is 2.44 bits per heavy atom. The van der Waals surface area contributed by atoms with Gasteiger partial charge in [0.25, 0.3) is 0 Å². The summed E-state index contributed by atoms with van der Waals surface area (Å²) in [7, 11) is -1.24. The fraction of sp³-hybridized carbons (Fsp3) is 0.947. The van der Waals surface area contributed by atoms with E-state index in [4.69, 9.17) is 4.74 Å². The Kier molecular flexibility index (Phi) is 8.82. The molecule has 0 amide bonds. The van der Waals surface area contributed by atoms with Crippen molar-refractivity contribution >= 4 is 16.0 Å². The number of aliphatic imine (C=N–C) groups is 1. The Morgan fingerprint density at radius 1 is 1.22 bits per heavy atom. The molecule has 7 nitrogen and oxygen atoms in total. The summed E-state index contributed by atoms with van der Waals surface area (Å²) in [6.45, 7) is 6.69. The molecule has 0 spiro atoms. The van der Waals surface area contributed by atoms with Gasteiger partial charge in [0, 0.05) is 46.4 Å². The van der Waals surface area contributed by atoms with E-state index in [0.717, 1.165) is 51.5 Å². The van der Waals surface area contributed by atoms with E-state index in [2.05, 4.69) is 15.6 Å². The molecule has 0 aromatic carbocycles. The second-order valence-corrected chi connectivity index (χ2v) is 10.0. The Bertz CT molecular complexity index is 566. The van der Waals surface area contributed by atoms with Crippen LogP contribution in [0, 0.1) is 11.3 Å². The zero-order valence-corrected chi connectivity index (χ0v) is 18.1. The van der Waals surface area contributed by atoms with Crippen LogP contribution >= 0.6 is 0 Å². The van der Waals surface area contributed by atoms with E-state index in [1.807, 2.05) is 14.0 Å². The highest BCUT2D eigenvalue weighted by molar-refractivity contribution is 7.88. The predicted octanol–water partition coefficient (Wildman–Crippen LogP) is 1.81. The zero-order valence-electron chi connectivity index (χ0n) is 17.3. The van der Waals surface area contributed by atoms with Crippen LogP contribution in [0.5, 0.6) is 0 Å². The molecule has 2 N–H and O–H groups in total. The van der Waals surface area contributed by atoms with Gasteiger partial charge in [0.05, 0.1) is 6.26 Å². The quantitative estimate of drug-likeness (QED) is 0.349. The summed E-state index contributed by atoms with van der Waals surface area (Å²) < 4.78 is 30.4. The number of sulfonamides is 1. The van der Waals surface area contributed by atoms with Crippen LogP contribution in [0.25, 0.3) is 0 Å². The Hall–Kier alpha value is -0.860. The number of rotatable bonds is 9. The van der Waals surface area contributed by atoms with Crippen molar-refractivity contribution in [2.75, 3.05) is 52.7 Å². The van der Waals surface area contributed by atoms with Gasteiger partial charge >= 0.3 is 0 Å². The molecule has 0 unspecified atom stereocenters. The van der Waals surface area contributed by atoms with Gasteiger partial charge in [0.1, 0.15) is 0 Å². The van der Waals surface area contributed by atoms with Crippen LogP contribution in [-0.2, 0) is 14.8 Å². The van der Waals surface area contributed by atoms with Crippen LogP contribution in [0.3, 0.4) is 0 Å². The van der Waals surface area contributed by atoms with Crippen molar-refractivity contribution in [3.05, 3.63) is 0 Å². The average molecular weight is 403 g/mol. The second kappa shape index (κ2) is 10.6. The Morgan fingerprint density at radius 2 is 1.89 bits per heavy atom.